The van der Waals surface area contributed by atoms with Crippen LogP contribution in [-0.2, 0) is 0 Å². The van der Waals surface area contributed by atoms with Crippen LogP contribution in [0.3, 0.4) is 0 Å². The first-order valence-corrected chi connectivity index (χ1v) is 6.46. The highest BCUT2D eigenvalue weighted by atomic mass is 127. The lowest BCUT2D eigenvalue weighted by Crippen LogP contribution is -2.33. The number of nitrogens with one attached hydrogen (secondary N) is 1. The van der Waals surface area contributed by atoms with Gasteiger partial charge in [-0.05, 0) is 47.7 Å². The number of benzene rings is 1. The van der Waals surface area contributed by atoms with Gasteiger partial charge in [0.05, 0.1) is 0 Å². The Hall–Kier alpha value is -0.100. The van der Waals surface area contributed by atoms with Crippen LogP contribution in [0, 0.1) is 3.57 Å². The van der Waals surface area contributed by atoms with Gasteiger partial charge in [0.2, 0.25) is 0 Å². The lowest BCUT2D eigenvalue weighted by Gasteiger charge is -2.10. The third-order valence-electron chi connectivity index (χ3n) is 1.70. The molecule has 0 radical (unpaired) electrons. The minimum atomic E-state index is -0.0181. The molecule has 0 bridgehead atoms. The molecular weight excluding hydrogens is 357 g/mol. The second-order valence-electron chi connectivity index (χ2n) is 3.04. The summed E-state index contributed by atoms with van der Waals surface area (Å²) in [6.45, 7) is 1.96. The zero-order valence-electron chi connectivity index (χ0n) is 7.76. The van der Waals surface area contributed by atoms with Gasteiger partial charge >= 0.3 is 0 Å². The average molecular weight is 368 g/mol. The molecular formula is C10H11BrINO. The van der Waals surface area contributed by atoms with Crippen LogP contribution in [-0.4, -0.2) is 17.3 Å². The van der Waals surface area contributed by atoms with Gasteiger partial charge in [0.15, 0.2) is 0 Å². The highest BCUT2D eigenvalue weighted by Crippen LogP contribution is 2.07. The van der Waals surface area contributed by atoms with E-state index in [1.165, 1.54) is 0 Å². The van der Waals surface area contributed by atoms with Crippen LogP contribution in [0.15, 0.2) is 24.3 Å². The van der Waals surface area contributed by atoms with Gasteiger partial charge in [-0.3, -0.25) is 4.79 Å². The van der Waals surface area contributed by atoms with Crippen LogP contribution in [0.25, 0.3) is 0 Å². The van der Waals surface area contributed by atoms with Gasteiger partial charge in [0.25, 0.3) is 5.91 Å². The topological polar surface area (TPSA) is 29.1 Å². The number of alkyl halides is 1. The van der Waals surface area contributed by atoms with Crippen LogP contribution < -0.4 is 5.32 Å². The van der Waals surface area contributed by atoms with E-state index in [1.54, 1.807) is 0 Å². The van der Waals surface area contributed by atoms with Gasteiger partial charge in [-0.1, -0.05) is 22.0 Å². The van der Waals surface area contributed by atoms with E-state index >= 15 is 0 Å². The molecule has 14 heavy (non-hydrogen) atoms. The smallest absolute Gasteiger partial charge is 0.251 e. The third kappa shape index (κ3) is 3.57. The minimum absolute atomic E-state index is 0.0181. The maximum atomic E-state index is 11.6. The van der Waals surface area contributed by atoms with Gasteiger partial charge in [0.1, 0.15) is 0 Å². The van der Waals surface area contributed by atoms with Gasteiger partial charge in [-0.2, -0.15) is 0 Å². The first-order valence-electron chi connectivity index (χ1n) is 4.26. The Morgan fingerprint density at radius 1 is 1.64 bits per heavy atom. The number of hydrogen-bond donors (Lipinski definition) is 1. The summed E-state index contributed by atoms with van der Waals surface area (Å²) in [5.41, 5.74) is 0.713. The fourth-order valence-electron chi connectivity index (χ4n) is 0.975. The van der Waals surface area contributed by atoms with E-state index in [0.29, 0.717) is 5.56 Å². The largest absolute Gasteiger partial charge is 0.349 e. The molecule has 1 rings (SSSR count). The van der Waals surface area contributed by atoms with Gasteiger partial charge < -0.3 is 5.32 Å². The Kier molecular flexibility index (Phi) is 4.88. The minimum Gasteiger partial charge on any atom is -0.349 e. The first-order chi connectivity index (χ1) is 6.63. The normalized spacial score (nSPS) is 12.2. The van der Waals surface area contributed by atoms with Crippen molar-refractivity contribution in [3.63, 3.8) is 0 Å². The lowest BCUT2D eigenvalue weighted by molar-refractivity contribution is 0.0944. The van der Waals surface area contributed by atoms with Crippen LogP contribution >= 0.6 is 38.5 Å². The van der Waals surface area contributed by atoms with E-state index in [4.69, 9.17) is 0 Å². The predicted molar refractivity (Wildman–Crippen MR) is 69.9 cm³/mol. The summed E-state index contributed by atoms with van der Waals surface area (Å²) in [5.74, 6) is -0.0181. The van der Waals surface area contributed by atoms with Crippen molar-refractivity contribution in [2.75, 3.05) is 5.33 Å². The molecule has 0 heterocycles. The van der Waals surface area contributed by atoms with E-state index < -0.39 is 0 Å². The second-order valence-corrected chi connectivity index (χ2v) is 4.93. The van der Waals surface area contributed by atoms with Crippen LogP contribution in [0.1, 0.15) is 17.3 Å². The van der Waals surface area contributed by atoms with Crippen LogP contribution in [0.2, 0.25) is 0 Å². The number of amides is 1. The molecule has 0 fully saturated rings. The Morgan fingerprint density at radius 3 is 2.93 bits per heavy atom. The van der Waals surface area contributed by atoms with Crippen molar-refractivity contribution in [3.05, 3.63) is 33.4 Å². The lowest BCUT2D eigenvalue weighted by atomic mass is 10.2. The number of hydrogen-bond acceptors (Lipinski definition) is 1. The molecule has 0 aromatic heterocycles. The molecule has 0 aliphatic rings. The standard InChI is InChI=1S/C10H11BrINO/c1-7(6-11)13-10(14)8-3-2-4-9(12)5-8/h2-5,7H,6H2,1H3,(H,13,14). The summed E-state index contributed by atoms with van der Waals surface area (Å²) >= 11 is 5.51. The molecule has 0 spiro atoms. The molecule has 0 saturated carbocycles. The second kappa shape index (κ2) is 5.70. The van der Waals surface area contributed by atoms with Crippen molar-refractivity contribution in [1.82, 2.24) is 5.32 Å². The number of rotatable bonds is 3. The molecule has 1 unspecified atom stereocenters. The third-order valence-corrected chi connectivity index (χ3v) is 3.34. The summed E-state index contributed by atoms with van der Waals surface area (Å²) in [4.78, 5) is 11.6. The average Bonchev–Trinajstić information content (AvgIpc) is 2.17. The molecule has 0 saturated heterocycles. The Labute approximate surface area is 106 Å². The molecule has 1 N–H and O–H groups in total. The molecule has 0 aliphatic carbocycles. The Morgan fingerprint density at radius 2 is 2.36 bits per heavy atom. The zero-order chi connectivity index (χ0) is 10.6. The van der Waals surface area contributed by atoms with Crippen molar-refractivity contribution < 1.29 is 4.79 Å². The fraction of sp³-hybridized carbons (Fsp3) is 0.300. The van der Waals surface area contributed by atoms with Crippen molar-refractivity contribution in [2.45, 2.75) is 13.0 Å². The molecule has 1 atom stereocenters. The molecule has 2 nitrogen and oxygen atoms in total. The molecule has 0 aliphatic heterocycles. The maximum Gasteiger partial charge on any atom is 0.251 e. The summed E-state index contributed by atoms with van der Waals surface area (Å²) in [6.07, 6.45) is 0. The zero-order valence-corrected chi connectivity index (χ0v) is 11.5. The molecule has 1 amide bonds. The van der Waals surface area contributed by atoms with Crippen LogP contribution in [0.5, 0.6) is 0 Å². The van der Waals surface area contributed by atoms with Crippen molar-refractivity contribution >= 4 is 44.4 Å². The number of halogens is 2. The van der Waals surface area contributed by atoms with E-state index in [2.05, 4.69) is 43.8 Å². The predicted octanol–water partition coefficient (Wildman–Crippen LogP) is 2.80. The fourth-order valence-corrected chi connectivity index (χ4v) is 1.68. The SMILES string of the molecule is CC(CBr)NC(=O)c1cccc(I)c1. The molecule has 1 aromatic carbocycles. The van der Waals surface area contributed by atoms with E-state index in [0.717, 1.165) is 8.90 Å². The molecule has 76 valence electrons. The highest BCUT2D eigenvalue weighted by Gasteiger charge is 2.08. The highest BCUT2D eigenvalue weighted by molar-refractivity contribution is 14.1. The van der Waals surface area contributed by atoms with E-state index in [-0.39, 0.29) is 11.9 Å². The maximum absolute atomic E-state index is 11.6. The first kappa shape index (κ1) is 12.0. The van der Waals surface area contributed by atoms with Gasteiger partial charge in [-0.25, -0.2) is 0 Å². The van der Waals surface area contributed by atoms with Crippen molar-refractivity contribution in [1.29, 1.82) is 0 Å². The monoisotopic (exact) mass is 367 g/mol. The Bertz CT molecular complexity index is 330. The quantitative estimate of drug-likeness (QED) is 0.646. The van der Waals surface area contributed by atoms with Gasteiger partial charge in [0, 0.05) is 20.5 Å². The molecule has 1 aromatic rings. The van der Waals surface area contributed by atoms with E-state index in [9.17, 15) is 4.79 Å². The van der Waals surface area contributed by atoms with E-state index in [1.807, 2.05) is 31.2 Å². The van der Waals surface area contributed by atoms with Crippen molar-refractivity contribution in [2.24, 2.45) is 0 Å². The number of carbonyl (C=O) groups excluding carboxylic acids is 1. The number of carbonyl (C=O) groups is 1. The summed E-state index contributed by atoms with van der Waals surface area (Å²) in [7, 11) is 0. The van der Waals surface area contributed by atoms with Gasteiger partial charge in [-0.15, -0.1) is 0 Å². The van der Waals surface area contributed by atoms with Crippen molar-refractivity contribution in [3.8, 4) is 0 Å². The summed E-state index contributed by atoms with van der Waals surface area (Å²) < 4.78 is 1.07. The molecule has 4 heteroatoms. The summed E-state index contributed by atoms with van der Waals surface area (Å²) in [5, 5.41) is 3.65. The summed E-state index contributed by atoms with van der Waals surface area (Å²) in [6, 6.07) is 7.69. The van der Waals surface area contributed by atoms with Crippen LogP contribution in [0.4, 0.5) is 0 Å². The Balaban J connectivity index is 2.70.